The zero-order valence-corrected chi connectivity index (χ0v) is 13.1. The molecule has 108 valence electrons. The number of nitro benzene ring substituents is 1. The minimum absolute atomic E-state index is 0.0339. The van der Waals surface area contributed by atoms with Crippen molar-refractivity contribution in [3.8, 4) is 0 Å². The van der Waals surface area contributed by atoms with Crippen LogP contribution >= 0.6 is 15.9 Å². The van der Waals surface area contributed by atoms with Gasteiger partial charge in [0.05, 0.1) is 4.92 Å². The Morgan fingerprint density at radius 2 is 1.86 bits per heavy atom. The molecular weight excluding hydrogens is 336 g/mol. The van der Waals surface area contributed by atoms with E-state index in [0.717, 1.165) is 10.0 Å². The van der Waals surface area contributed by atoms with E-state index in [1.807, 2.05) is 19.1 Å². The van der Waals surface area contributed by atoms with Gasteiger partial charge in [0.25, 0.3) is 11.6 Å². The van der Waals surface area contributed by atoms with Crippen LogP contribution in [0.1, 0.15) is 21.5 Å². The molecule has 0 atom stereocenters. The summed E-state index contributed by atoms with van der Waals surface area (Å²) >= 11 is 3.33. The minimum atomic E-state index is -0.445. The Bertz CT molecular complexity index is 729. The molecule has 0 saturated carbocycles. The number of nitrogens with zero attached hydrogens (tertiary/aromatic N) is 1. The number of hydrogen-bond acceptors (Lipinski definition) is 3. The summed E-state index contributed by atoms with van der Waals surface area (Å²) in [5.74, 6) is -0.248. The highest BCUT2D eigenvalue weighted by Crippen LogP contribution is 2.23. The van der Waals surface area contributed by atoms with Crippen molar-refractivity contribution in [2.24, 2.45) is 0 Å². The summed E-state index contributed by atoms with van der Waals surface area (Å²) in [6.07, 6.45) is 0. The highest BCUT2D eigenvalue weighted by Gasteiger charge is 2.13. The molecule has 0 spiro atoms. The van der Waals surface area contributed by atoms with E-state index >= 15 is 0 Å². The molecule has 2 rings (SSSR count). The van der Waals surface area contributed by atoms with Crippen LogP contribution in [0.4, 0.5) is 11.4 Å². The van der Waals surface area contributed by atoms with Gasteiger partial charge >= 0.3 is 0 Å². The van der Waals surface area contributed by atoms with Crippen molar-refractivity contribution in [2.75, 3.05) is 5.32 Å². The SMILES string of the molecule is Cc1ccc(Br)cc1C(=O)Nc1ccc([N+](=O)[O-])c(C)c1. The number of aryl methyl sites for hydroxylation is 2. The fourth-order valence-corrected chi connectivity index (χ4v) is 2.34. The molecule has 0 bridgehead atoms. The molecule has 0 unspecified atom stereocenters. The van der Waals surface area contributed by atoms with Gasteiger partial charge in [0, 0.05) is 27.4 Å². The van der Waals surface area contributed by atoms with Crippen molar-refractivity contribution in [3.63, 3.8) is 0 Å². The Kier molecular flexibility index (Phi) is 4.37. The largest absolute Gasteiger partial charge is 0.322 e. The third kappa shape index (κ3) is 3.46. The van der Waals surface area contributed by atoms with E-state index in [9.17, 15) is 14.9 Å². The van der Waals surface area contributed by atoms with Crippen molar-refractivity contribution in [1.82, 2.24) is 0 Å². The van der Waals surface area contributed by atoms with E-state index in [2.05, 4.69) is 21.2 Å². The molecule has 0 radical (unpaired) electrons. The van der Waals surface area contributed by atoms with Crippen LogP contribution in [0.5, 0.6) is 0 Å². The van der Waals surface area contributed by atoms with Crippen LogP contribution in [0.25, 0.3) is 0 Å². The Hall–Kier alpha value is -2.21. The first-order valence-electron chi connectivity index (χ1n) is 6.21. The topological polar surface area (TPSA) is 72.2 Å². The molecule has 0 saturated heterocycles. The molecule has 2 aromatic rings. The maximum absolute atomic E-state index is 12.3. The van der Waals surface area contributed by atoms with Gasteiger partial charge in [-0.2, -0.15) is 0 Å². The predicted octanol–water partition coefficient (Wildman–Crippen LogP) is 4.23. The summed E-state index contributed by atoms with van der Waals surface area (Å²) < 4.78 is 0.818. The molecule has 0 aliphatic carbocycles. The molecule has 0 fully saturated rings. The number of carbonyl (C=O) groups excluding carboxylic acids is 1. The lowest BCUT2D eigenvalue weighted by Gasteiger charge is -2.09. The molecule has 1 amide bonds. The number of nitrogens with one attached hydrogen (secondary N) is 1. The van der Waals surface area contributed by atoms with E-state index in [1.165, 1.54) is 12.1 Å². The van der Waals surface area contributed by atoms with Gasteiger partial charge in [-0.05, 0) is 43.7 Å². The standard InChI is InChI=1S/C15H13BrN2O3/c1-9-3-4-11(16)8-13(9)15(19)17-12-5-6-14(18(20)21)10(2)7-12/h3-8H,1-2H3,(H,17,19). The highest BCUT2D eigenvalue weighted by atomic mass is 79.9. The van der Waals surface area contributed by atoms with Gasteiger partial charge in [-0.1, -0.05) is 22.0 Å². The lowest BCUT2D eigenvalue weighted by Crippen LogP contribution is -2.13. The second-order valence-electron chi connectivity index (χ2n) is 4.67. The summed E-state index contributed by atoms with van der Waals surface area (Å²) in [7, 11) is 0. The maximum atomic E-state index is 12.3. The Morgan fingerprint density at radius 1 is 1.14 bits per heavy atom. The third-order valence-electron chi connectivity index (χ3n) is 3.10. The monoisotopic (exact) mass is 348 g/mol. The second-order valence-corrected chi connectivity index (χ2v) is 5.59. The van der Waals surface area contributed by atoms with Gasteiger partial charge in [0.1, 0.15) is 0 Å². The first-order valence-corrected chi connectivity index (χ1v) is 7.00. The summed E-state index contributed by atoms with van der Waals surface area (Å²) in [6, 6.07) is 9.95. The predicted molar refractivity (Wildman–Crippen MR) is 84.7 cm³/mol. The van der Waals surface area contributed by atoms with E-state index in [1.54, 1.807) is 19.1 Å². The third-order valence-corrected chi connectivity index (χ3v) is 3.59. The van der Waals surface area contributed by atoms with Crippen LogP contribution in [-0.2, 0) is 0 Å². The number of halogens is 1. The van der Waals surface area contributed by atoms with Crippen molar-refractivity contribution in [2.45, 2.75) is 13.8 Å². The summed E-state index contributed by atoms with van der Waals surface area (Å²) in [5.41, 5.74) is 2.48. The fraction of sp³-hybridized carbons (Fsp3) is 0.133. The molecule has 21 heavy (non-hydrogen) atoms. The van der Waals surface area contributed by atoms with Gasteiger partial charge in [0.15, 0.2) is 0 Å². The minimum Gasteiger partial charge on any atom is -0.322 e. The zero-order valence-electron chi connectivity index (χ0n) is 11.5. The van der Waals surface area contributed by atoms with E-state index in [-0.39, 0.29) is 11.6 Å². The summed E-state index contributed by atoms with van der Waals surface area (Å²) in [6.45, 7) is 3.49. The van der Waals surface area contributed by atoms with Crippen LogP contribution < -0.4 is 5.32 Å². The number of hydrogen-bond donors (Lipinski definition) is 1. The second kappa shape index (κ2) is 6.05. The Labute approximate surface area is 130 Å². The first kappa shape index (κ1) is 15.2. The van der Waals surface area contributed by atoms with Gasteiger partial charge in [-0.3, -0.25) is 14.9 Å². The summed E-state index contributed by atoms with van der Waals surface area (Å²) in [4.78, 5) is 22.6. The summed E-state index contributed by atoms with van der Waals surface area (Å²) in [5, 5.41) is 13.5. The number of amides is 1. The molecule has 5 nitrogen and oxygen atoms in total. The fourth-order valence-electron chi connectivity index (χ4n) is 1.98. The van der Waals surface area contributed by atoms with Crippen molar-refractivity contribution in [1.29, 1.82) is 0 Å². The Balaban J connectivity index is 2.26. The number of benzene rings is 2. The number of carbonyl (C=O) groups is 1. The molecule has 1 N–H and O–H groups in total. The van der Waals surface area contributed by atoms with Gasteiger partial charge < -0.3 is 5.32 Å². The van der Waals surface area contributed by atoms with Crippen molar-refractivity contribution < 1.29 is 9.72 Å². The quantitative estimate of drug-likeness (QED) is 0.666. The average molecular weight is 349 g/mol. The van der Waals surface area contributed by atoms with Crippen LogP contribution in [0, 0.1) is 24.0 Å². The molecule has 0 heterocycles. The molecule has 2 aromatic carbocycles. The van der Waals surface area contributed by atoms with Crippen LogP contribution in [0.2, 0.25) is 0 Å². The van der Waals surface area contributed by atoms with Crippen molar-refractivity contribution in [3.05, 3.63) is 67.7 Å². The zero-order chi connectivity index (χ0) is 15.6. The molecule has 0 aliphatic heterocycles. The normalized spacial score (nSPS) is 10.2. The van der Waals surface area contributed by atoms with Crippen LogP contribution in [-0.4, -0.2) is 10.8 Å². The smallest absolute Gasteiger partial charge is 0.272 e. The number of nitro groups is 1. The maximum Gasteiger partial charge on any atom is 0.272 e. The van der Waals surface area contributed by atoms with E-state index in [0.29, 0.717) is 16.8 Å². The van der Waals surface area contributed by atoms with Crippen LogP contribution in [0.3, 0.4) is 0 Å². The number of rotatable bonds is 3. The average Bonchev–Trinajstić information content (AvgIpc) is 2.41. The molecule has 0 aliphatic rings. The molecular formula is C15H13BrN2O3. The molecule has 0 aromatic heterocycles. The first-order chi connectivity index (χ1) is 9.88. The van der Waals surface area contributed by atoms with Crippen LogP contribution in [0.15, 0.2) is 40.9 Å². The van der Waals surface area contributed by atoms with Gasteiger partial charge in [-0.25, -0.2) is 0 Å². The lowest BCUT2D eigenvalue weighted by molar-refractivity contribution is -0.385. The van der Waals surface area contributed by atoms with E-state index < -0.39 is 4.92 Å². The van der Waals surface area contributed by atoms with Gasteiger partial charge in [-0.15, -0.1) is 0 Å². The van der Waals surface area contributed by atoms with E-state index in [4.69, 9.17) is 0 Å². The Morgan fingerprint density at radius 3 is 2.48 bits per heavy atom. The van der Waals surface area contributed by atoms with Crippen molar-refractivity contribution >= 4 is 33.2 Å². The molecule has 6 heteroatoms. The highest BCUT2D eigenvalue weighted by molar-refractivity contribution is 9.10. The lowest BCUT2D eigenvalue weighted by atomic mass is 10.1. The van der Waals surface area contributed by atoms with Gasteiger partial charge in [0.2, 0.25) is 0 Å². The number of anilines is 1.